The van der Waals surface area contributed by atoms with Crippen molar-refractivity contribution >= 4 is 11.9 Å². The summed E-state index contributed by atoms with van der Waals surface area (Å²) in [6.45, 7) is 0. The predicted molar refractivity (Wildman–Crippen MR) is 80.8 cm³/mol. The molecule has 0 radical (unpaired) electrons. The van der Waals surface area contributed by atoms with Gasteiger partial charge >= 0.3 is 5.97 Å². The maximum Gasteiger partial charge on any atom is 0.328 e. The van der Waals surface area contributed by atoms with Gasteiger partial charge < -0.3 is 10.1 Å². The van der Waals surface area contributed by atoms with Crippen LogP contribution in [0.2, 0.25) is 0 Å². The highest BCUT2D eigenvalue weighted by atomic mass is 19.2. The van der Waals surface area contributed by atoms with Gasteiger partial charge in [0, 0.05) is 0 Å². The first kappa shape index (κ1) is 17.4. The zero-order chi connectivity index (χ0) is 16.8. The number of halogens is 2. The smallest absolute Gasteiger partial charge is 0.328 e. The second-order valence-electron chi connectivity index (χ2n) is 5.89. The summed E-state index contributed by atoms with van der Waals surface area (Å²) in [6.07, 6.45) is 5.83. The van der Waals surface area contributed by atoms with Crippen LogP contribution in [0.5, 0.6) is 0 Å². The molecule has 1 aromatic rings. The van der Waals surface area contributed by atoms with E-state index in [0.717, 1.165) is 31.7 Å². The van der Waals surface area contributed by atoms with Gasteiger partial charge in [0.05, 0.1) is 12.7 Å². The van der Waals surface area contributed by atoms with Gasteiger partial charge in [-0.05, 0) is 24.5 Å². The van der Waals surface area contributed by atoms with Gasteiger partial charge in [0.25, 0.3) is 5.91 Å². The lowest BCUT2D eigenvalue weighted by molar-refractivity contribution is -0.143. The van der Waals surface area contributed by atoms with Gasteiger partial charge in [-0.2, -0.15) is 0 Å². The van der Waals surface area contributed by atoms with Crippen LogP contribution in [0.15, 0.2) is 18.2 Å². The van der Waals surface area contributed by atoms with Crippen molar-refractivity contribution in [1.82, 2.24) is 5.32 Å². The number of rotatable bonds is 5. The van der Waals surface area contributed by atoms with E-state index in [1.807, 2.05) is 0 Å². The Labute approximate surface area is 134 Å². The van der Waals surface area contributed by atoms with Crippen molar-refractivity contribution in [1.29, 1.82) is 0 Å². The van der Waals surface area contributed by atoms with E-state index in [1.165, 1.54) is 25.7 Å². The number of nitrogens with one attached hydrogen (secondary N) is 1. The van der Waals surface area contributed by atoms with Gasteiger partial charge in [-0.15, -0.1) is 0 Å². The Bertz CT molecular complexity index is 571. The fourth-order valence-corrected chi connectivity index (χ4v) is 3.03. The standard InChI is InChI=1S/C17H21F2NO3/c1-23-17(22)14(10-11-6-3-2-4-7-11)20-16(21)12-8-5-9-13(18)15(12)19/h5,8-9,11,14H,2-4,6-7,10H2,1H3,(H,20,21)/t14-/m0/s1. The summed E-state index contributed by atoms with van der Waals surface area (Å²) in [5.74, 6) is -3.37. The summed E-state index contributed by atoms with van der Waals surface area (Å²) in [7, 11) is 1.24. The highest BCUT2D eigenvalue weighted by Crippen LogP contribution is 2.27. The normalized spacial score (nSPS) is 16.7. The maximum absolute atomic E-state index is 13.7. The number of carbonyl (C=O) groups excluding carboxylic acids is 2. The molecule has 1 amide bonds. The molecule has 1 aliphatic carbocycles. The average molecular weight is 325 g/mol. The van der Waals surface area contributed by atoms with Crippen LogP contribution in [0.1, 0.15) is 48.9 Å². The van der Waals surface area contributed by atoms with Gasteiger partial charge in [0.1, 0.15) is 6.04 Å². The number of benzene rings is 1. The SMILES string of the molecule is COC(=O)[C@H](CC1CCCCC1)NC(=O)c1cccc(F)c1F. The van der Waals surface area contributed by atoms with E-state index in [2.05, 4.69) is 5.32 Å². The number of esters is 1. The molecule has 0 aliphatic heterocycles. The summed E-state index contributed by atoms with van der Waals surface area (Å²) in [6, 6.07) is 2.52. The summed E-state index contributed by atoms with van der Waals surface area (Å²) in [4.78, 5) is 24.1. The number of carbonyl (C=O) groups is 2. The quantitative estimate of drug-likeness (QED) is 0.846. The van der Waals surface area contributed by atoms with E-state index >= 15 is 0 Å². The fraction of sp³-hybridized carbons (Fsp3) is 0.529. The Kier molecular flexibility index (Phi) is 6.07. The molecule has 0 saturated heterocycles. The van der Waals surface area contributed by atoms with Gasteiger partial charge in [-0.3, -0.25) is 4.79 Å². The van der Waals surface area contributed by atoms with Crippen LogP contribution >= 0.6 is 0 Å². The lowest BCUT2D eigenvalue weighted by Gasteiger charge is -2.25. The van der Waals surface area contributed by atoms with E-state index in [4.69, 9.17) is 4.74 Å². The fourth-order valence-electron chi connectivity index (χ4n) is 3.03. The third-order valence-electron chi connectivity index (χ3n) is 4.28. The van der Waals surface area contributed by atoms with Crippen molar-refractivity contribution in [3.05, 3.63) is 35.4 Å². The molecule has 4 nitrogen and oxygen atoms in total. The van der Waals surface area contributed by atoms with Gasteiger partial charge in [0.2, 0.25) is 0 Å². The monoisotopic (exact) mass is 325 g/mol. The summed E-state index contributed by atoms with van der Waals surface area (Å²) >= 11 is 0. The van der Waals surface area contributed by atoms with Gasteiger partial charge in [0.15, 0.2) is 11.6 Å². The molecule has 1 N–H and O–H groups in total. The molecule has 1 saturated carbocycles. The molecule has 1 aliphatic rings. The molecule has 0 unspecified atom stereocenters. The van der Waals surface area contributed by atoms with Crippen LogP contribution in [0, 0.1) is 17.6 Å². The number of amides is 1. The maximum atomic E-state index is 13.7. The number of hydrogen-bond donors (Lipinski definition) is 1. The third kappa shape index (κ3) is 4.50. The van der Waals surface area contributed by atoms with Crippen LogP contribution in [-0.2, 0) is 9.53 Å². The third-order valence-corrected chi connectivity index (χ3v) is 4.28. The van der Waals surface area contributed by atoms with Crippen molar-refractivity contribution in [2.75, 3.05) is 7.11 Å². The van der Waals surface area contributed by atoms with E-state index in [0.29, 0.717) is 12.3 Å². The van der Waals surface area contributed by atoms with Crippen molar-refractivity contribution < 1.29 is 23.1 Å². The molecule has 1 aromatic carbocycles. The molecule has 2 rings (SSSR count). The van der Waals surface area contributed by atoms with Crippen molar-refractivity contribution in [2.24, 2.45) is 5.92 Å². The van der Waals surface area contributed by atoms with Crippen molar-refractivity contribution in [2.45, 2.75) is 44.6 Å². The lowest BCUT2D eigenvalue weighted by atomic mass is 9.84. The highest BCUT2D eigenvalue weighted by molar-refractivity contribution is 5.97. The zero-order valence-electron chi connectivity index (χ0n) is 13.1. The zero-order valence-corrected chi connectivity index (χ0v) is 13.1. The Balaban J connectivity index is 2.08. The first-order chi connectivity index (χ1) is 11.0. The minimum absolute atomic E-state index is 0.325. The molecular formula is C17H21F2NO3. The number of methoxy groups -OCH3 is 1. The van der Waals surface area contributed by atoms with E-state index in [9.17, 15) is 18.4 Å². The van der Waals surface area contributed by atoms with Crippen molar-refractivity contribution in [3.63, 3.8) is 0 Å². The molecule has 0 aromatic heterocycles. The van der Waals surface area contributed by atoms with Gasteiger partial charge in [-0.25, -0.2) is 13.6 Å². The Morgan fingerprint density at radius 1 is 1.26 bits per heavy atom. The topological polar surface area (TPSA) is 55.4 Å². The van der Waals surface area contributed by atoms with Crippen molar-refractivity contribution in [3.8, 4) is 0 Å². The highest BCUT2D eigenvalue weighted by Gasteiger charge is 2.28. The Hall–Kier alpha value is -1.98. The Morgan fingerprint density at radius 3 is 2.61 bits per heavy atom. The van der Waals surface area contributed by atoms with Crippen LogP contribution in [0.25, 0.3) is 0 Å². The second-order valence-corrected chi connectivity index (χ2v) is 5.89. The van der Waals surface area contributed by atoms with Crippen LogP contribution in [-0.4, -0.2) is 25.0 Å². The first-order valence-electron chi connectivity index (χ1n) is 7.85. The molecule has 126 valence electrons. The number of hydrogen-bond acceptors (Lipinski definition) is 3. The van der Waals surface area contributed by atoms with Crippen LogP contribution in [0.3, 0.4) is 0 Å². The largest absolute Gasteiger partial charge is 0.467 e. The molecular weight excluding hydrogens is 304 g/mol. The van der Waals surface area contributed by atoms with Crippen LogP contribution in [0.4, 0.5) is 8.78 Å². The van der Waals surface area contributed by atoms with E-state index in [-0.39, 0.29) is 0 Å². The Morgan fingerprint density at radius 2 is 1.96 bits per heavy atom. The lowest BCUT2D eigenvalue weighted by Crippen LogP contribution is -2.43. The average Bonchev–Trinajstić information content (AvgIpc) is 2.56. The number of ether oxygens (including phenoxy) is 1. The molecule has 1 atom stereocenters. The molecule has 0 spiro atoms. The van der Waals surface area contributed by atoms with E-state index < -0.39 is 35.1 Å². The molecule has 23 heavy (non-hydrogen) atoms. The first-order valence-corrected chi connectivity index (χ1v) is 7.85. The second kappa shape index (κ2) is 8.04. The van der Waals surface area contributed by atoms with Crippen LogP contribution < -0.4 is 5.32 Å². The molecule has 0 bridgehead atoms. The van der Waals surface area contributed by atoms with Gasteiger partial charge in [-0.1, -0.05) is 38.2 Å². The molecule has 0 heterocycles. The summed E-state index contributed by atoms with van der Waals surface area (Å²) in [5, 5.41) is 2.48. The molecule has 6 heteroatoms. The van der Waals surface area contributed by atoms with E-state index in [1.54, 1.807) is 0 Å². The predicted octanol–water partition coefficient (Wildman–Crippen LogP) is 3.21. The summed E-state index contributed by atoms with van der Waals surface area (Å²) in [5.41, 5.74) is -0.414. The molecule has 1 fully saturated rings. The summed E-state index contributed by atoms with van der Waals surface area (Å²) < 4.78 is 31.6. The minimum atomic E-state index is -1.22. The minimum Gasteiger partial charge on any atom is -0.467 e.